The summed E-state index contributed by atoms with van der Waals surface area (Å²) in [6, 6.07) is 19.2. The van der Waals surface area contributed by atoms with Crippen molar-refractivity contribution in [2.75, 3.05) is 5.73 Å². The topological polar surface area (TPSA) is 128 Å². The molecule has 0 aliphatic carbocycles. The van der Waals surface area contributed by atoms with Crippen molar-refractivity contribution >= 4 is 11.6 Å². The lowest BCUT2D eigenvalue weighted by molar-refractivity contribution is 0.277. The number of nitrogen functional groups attached to an aromatic ring is 1. The van der Waals surface area contributed by atoms with Gasteiger partial charge < -0.3 is 10.5 Å². The highest BCUT2D eigenvalue weighted by atomic mass is 16.5. The van der Waals surface area contributed by atoms with Gasteiger partial charge in [0.15, 0.2) is 5.65 Å². The van der Waals surface area contributed by atoms with Crippen molar-refractivity contribution in [2.24, 2.45) is 0 Å². The Labute approximate surface area is 201 Å². The first-order valence-electron chi connectivity index (χ1n) is 11.0. The van der Waals surface area contributed by atoms with E-state index < -0.39 is 0 Å². The average Bonchev–Trinajstić information content (AvgIpc) is 3.27. The van der Waals surface area contributed by atoms with Gasteiger partial charge in [0.25, 0.3) is 0 Å². The van der Waals surface area contributed by atoms with Gasteiger partial charge in [-0.05, 0) is 62.7 Å². The van der Waals surface area contributed by atoms with Crippen LogP contribution in [0.2, 0.25) is 0 Å². The molecule has 0 saturated carbocycles. The first kappa shape index (κ1) is 22.0. The number of aromatic nitrogens is 6. The fourth-order valence-electron chi connectivity index (χ4n) is 4.01. The number of hydrogen-bond acceptors (Lipinski definition) is 8. The first-order valence-corrected chi connectivity index (χ1v) is 11.0. The monoisotopic (exact) mass is 462 g/mol. The number of pyridine rings is 2. The third-order valence-electron chi connectivity index (χ3n) is 5.42. The molecule has 0 unspecified atom stereocenters. The molecule has 4 aromatic heterocycles. The van der Waals surface area contributed by atoms with Crippen molar-refractivity contribution in [2.45, 2.75) is 27.4 Å². The highest BCUT2D eigenvalue weighted by Gasteiger charge is 2.21. The number of fused-ring (bicyclic) bond motifs is 1. The van der Waals surface area contributed by atoms with Gasteiger partial charge in [0, 0.05) is 22.6 Å². The van der Waals surface area contributed by atoms with Gasteiger partial charge in [-0.1, -0.05) is 18.2 Å². The van der Waals surface area contributed by atoms with E-state index in [1.807, 2.05) is 63.2 Å². The predicted octanol–water partition coefficient (Wildman–Crippen LogP) is 4.21. The average molecular weight is 463 g/mol. The van der Waals surface area contributed by atoms with Gasteiger partial charge in [0.1, 0.15) is 6.61 Å². The van der Waals surface area contributed by atoms with E-state index >= 15 is 0 Å². The van der Waals surface area contributed by atoms with Gasteiger partial charge >= 0.3 is 6.01 Å². The van der Waals surface area contributed by atoms with Crippen molar-refractivity contribution < 1.29 is 4.74 Å². The smallest absolute Gasteiger partial charge is 0.336 e. The van der Waals surface area contributed by atoms with Crippen LogP contribution in [-0.2, 0) is 6.61 Å². The maximum Gasteiger partial charge on any atom is 0.336 e. The normalized spacial score (nSPS) is 10.9. The van der Waals surface area contributed by atoms with Crippen molar-refractivity contribution in [3.05, 3.63) is 82.9 Å². The minimum atomic E-state index is 0.152. The number of nitrogens with zero attached hydrogens (tertiary/aromatic N) is 7. The number of hydrogen-bond donors (Lipinski definition) is 1. The Hall–Kier alpha value is -4.84. The molecular weight excluding hydrogens is 440 g/mol. The highest BCUT2D eigenvalue weighted by Crippen LogP contribution is 2.36. The van der Waals surface area contributed by atoms with E-state index in [1.54, 1.807) is 12.1 Å². The van der Waals surface area contributed by atoms with Crippen LogP contribution in [0.15, 0.2) is 54.6 Å². The molecule has 0 radical (unpaired) electrons. The number of aryl methyl sites for hydroxylation is 3. The van der Waals surface area contributed by atoms with Gasteiger partial charge in [-0.25, -0.2) is 4.98 Å². The molecule has 0 aliphatic heterocycles. The third kappa shape index (κ3) is 4.37. The second-order valence-electron chi connectivity index (χ2n) is 8.21. The lowest BCUT2D eigenvalue weighted by atomic mass is 9.98. The molecule has 4 heterocycles. The van der Waals surface area contributed by atoms with Crippen molar-refractivity contribution in [3.8, 4) is 34.5 Å². The van der Waals surface area contributed by atoms with E-state index in [9.17, 15) is 5.26 Å². The molecule has 9 nitrogen and oxygen atoms in total. The van der Waals surface area contributed by atoms with Crippen LogP contribution in [-0.4, -0.2) is 29.5 Å². The van der Waals surface area contributed by atoms with Crippen LogP contribution in [0.3, 0.4) is 0 Å². The van der Waals surface area contributed by atoms with Gasteiger partial charge in [0.05, 0.1) is 28.6 Å². The van der Waals surface area contributed by atoms with Crippen LogP contribution in [0.5, 0.6) is 6.01 Å². The summed E-state index contributed by atoms with van der Waals surface area (Å²) in [5, 5.41) is 13.9. The van der Waals surface area contributed by atoms with Crippen LogP contribution in [0.4, 0.5) is 5.95 Å². The summed E-state index contributed by atoms with van der Waals surface area (Å²) in [6.45, 7) is 6.00. The quantitative estimate of drug-likeness (QED) is 0.411. The molecule has 0 atom stereocenters. The maximum absolute atomic E-state index is 9.42. The van der Waals surface area contributed by atoms with Crippen LogP contribution in [0, 0.1) is 32.1 Å². The lowest BCUT2D eigenvalue weighted by Crippen LogP contribution is -2.06. The summed E-state index contributed by atoms with van der Waals surface area (Å²) < 4.78 is 7.33. The standard InChI is InChI=1S/C26H22N8O/c1-15-6-4-9-21(30-15)14-35-26-32-24-22(20-10-16(2)29-17(3)11-20)23(31-25(28)34(24)33-26)19-8-5-7-18(12-19)13-27/h4-12H,14H2,1-3H3,(H2,28,31). The van der Waals surface area contributed by atoms with Gasteiger partial charge in [-0.2, -0.15) is 14.8 Å². The summed E-state index contributed by atoms with van der Waals surface area (Å²) in [7, 11) is 0. The zero-order valence-corrected chi connectivity index (χ0v) is 19.5. The van der Waals surface area contributed by atoms with Crippen LogP contribution in [0.25, 0.3) is 28.0 Å². The SMILES string of the molecule is Cc1cc(-c2c(-c3cccc(C#N)c3)nc(N)n3nc(OCc4cccc(C)n4)nc23)cc(C)n1. The number of ether oxygens (including phenoxy) is 1. The molecule has 0 bridgehead atoms. The number of rotatable bonds is 5. The minimum Gasteiger partial charge on any atom is -0.456 e. The van der Waals surface area contributed by atoms with Crippen molar-refractivity contribution in [1.82, 2.24) is 29.5 Å². The molecule has 0 amide bonds. The molecule has 0 saturated heterocycles. The molecule has 0 spiro atoms. The second kappa shape index (κ2) is 8.83. The molecular formula is C26H22N8O. The van der Waals surface area contributed by atoms with Crippen LogP contribution >= 0.6 is 0 Å². The molecule has 9 heteroatoms. The molecule has 172 valence electrons. The number of nitrogens with two attached hydrogens (primary N) is 1. The molecule has 5 aromatic rings. The van der Waals surface area contributed by atoms with Crippen LogP contribution < -0.4 is 10.5 Å². The number of nitriles is 1. The zero-order chi connectivity index (χ0) is 24.5. The summed E-state index contributed by atoms with van der Waals surface area (Å²) in [6.07, 6.45) is 0. The second-order valence-corrected chi connectivity index (χ2v) is 8.21. The fourth-order valence-corrected chi connectivity index (χ4v) is 4.01. The van der Waals surface area contributed by atoms with Gasteiger partial charge in [0.2, 0.25) is 5.95 Å². The highest BCUT2D eigenvalue weighted by molar-refractivity contribution is 5.91. The Kier molecular flexibility index (Phi) is 5.55. The fraction of sp³-hybridized carbons (Fsp3) is 0.154. The number of benzene rings is 1. The summed E-state index contributed by atoms with van der Waals surface area (Å²) >= 11 is 0. The van der Waals surface area contributed by atoms with E-state index in [0.29, 0.717) is 16.9 Å². The molecule has 2 N–H and O–H groups in total. The zero-order valence-electron chi connectivity index (χ0n) is 19.5. The predicted molar refractivity (Wildman–Crippen MR) is 131 cm³/mol. The lowest BCUT2D eigenvalue weighted by Gasteiger charge is -2.13. The van der Waals surface area contributed by atoms with Gasteiger partial charge in [-0.15, -0.1) is 5.10 Å². The Morgan fingerprint density at radius 2 is 1.66 bits per heavy atom. The molecule has 5 rings (SSSR count). The van der Waals surface area contributed by atoms with Crippen molar-refractivity contribution in [1.29, 1.82) is 5.26 Å². The van der Waals surface area contributed by atoms with E-state index in [0.717, 1.165) is 39.5 Å². The minimum absolute atomic E-state index is 0.152. The maximum atomic E-state index is 9.42. The van der Waals surface area contributed by atoms with E-state index in [1.165, 1.54) is 4.52 Å². The molecule has 1 aromatic carbocycles. The Bertz CT molecular complexity index is 1600. The summed E-state index contributed by atoms with van der Waals surface area (Å²) in [5.41, 5.74) is 13.6. The molecule has 0 fully saturated rings. The Balaban J connectivity index is 1.69. The Morgan fingerprint density at radius 1 is 0.886 bits per heavy atom. The van der Waals surface area contributed by atoms with Gasteiger partial charge in [-0.3, -0.25) is 9.97 Å². The largest absolute Gasteiger partial charge is 0.456 e. The molecule has 0 aliphatic rings. The van der Waals surface area contributed by atoms with Crippen molar-refractivity contribution in [3.63, 3.8) is 0 Å². The van der Waals surface area contributed by atoms with E-state index in [-0.39, 0.29) is 18.6 Å². The van der Waals surface area contributed by atoms with Crippen LogP contribution in [0.1, 0.15) is 28.3 Å². The van der Waals surface area contributed by atoms with E-state index in [4.69, 9.17) is 10.5 Å². The Morgan fingerprint density at radius 3 is 2.40 bits per heavy atom. The number of anilines is 1. The summed E-state index contributed by atoms with van der Waals surface area (Å²) in [4.78, 5) is 18.3. The summed E-state index contributed by atoms with van der Waals surface area (Å²) in [5.74, 6) is 0.152. The first-order chi connectivity index (χ1) is 16.9. The third-order valence-corrected chi connectivity index (χ3v) is 5.42. The van der Waals surface area contributed by atoms with E-state index in [2.05, 4.69) is 31.1 Å². The molecule has 35 heavy (non-hydrogen) atoms.